The van der Waals surface area contributed by atoms with Gasteiger partial charge in [-0.1, -0.05) is 11.6 Å². The quantitative estimate of drug-likeness (QED) is 0.854. The number of ether oxygens (including phenoxy) is 1. The molecule has 0 radical (unpaired) electrons. The SMILES string of the molecule is COc1cc2ncnc(N3CCC(CCS(C)(=N)=O)CC3)c2cc1Cl. The first-order valence-electron chi connectivity index (χ1n) is 8.32. The summed E-state index contributed by atoms with van der Waals surface area (Å²) in [4.78, 5) is 11.1. The second-order valence-corrected chi connectivity index (χ2v) is 9.45. The molecular weight excluding hydrogens is 360 g/mol. The Labute approximate surface area is 153 Å². The zero-order chi connectivity index (χ0) is 18.0. The maximum absolute atomic E-state index is 11.6. The van der Waals surface area contributed by atoms with Gasteiger partial charge in [-0.15, -0.1) is 0 Å². The van der Waals surface area contributed by atoms with Crippen LogP contribution in [-0.2, 0) is 9.73 Å². The second kappa shape index (κ2) is 7.33. The van der Waals surface area contributed by atoms with Crippen molar-refractivity contribution in [2.24, 2.45) is 5.92 Å². The molecule has 0 amide bonds. The lowest BCUT2D eigenvalue weighted by atomic mass is 9.94. The first kappa shape index (κ1) is 18.2. The molecule has 0 bridgehead atoms. The Morgan fingerprint density at radius 2 is 2.08 bits per heavy atom. The van der Waals surface area contributed by atoms with Gasteiger partial charge in [-0.25, -0.2) is 9.97 Å². The summed E-state index contributed by atoms with van der Waals surface area (Å²) in [5.41, 5.74) is 0.813. The van der Waals surface area contributed by atoms with Gasteiger partial charge in [0.05, 0.1) is 17.6 Å². The molecule has 25 heavy (non-hydrogen) atoms. The lowest BCUT2D eigenvalue weighted by Gasteiger charge is -2.33. The standard InChI is InChI=1S/C17H23ClN4O2S/c1-24-16-10-15-13(9-14(16)18)17(21-11-20-15)22-6-3-12(4-7-22)5-8-25(2,19)23/h9-12,19H,3-8H2,1-2H3. The lowest BCUT2D eigenvalue weighted by molar-refractivity contribution is 0.395. The largest absolute Gasteiger partial charge is 0.495 e. The van der Waals surface area contributed by atoms with Crippen LogP contribution in [0.2, 0.25) is 5.02 Å². The number of rotatable bonds is 5. The second-order valence-electron chi connectivity index (χ2n) is 6.63. The molecule has 1 fully saturated rings. The number of fused-ring (bicyclic) bond motifs is 1. The van der Waals surface area contributed by atoms with Crippen LogP contribution in [0.3, 0.4) is 0 Å². The minimum absolute atomic E-state index is 0.490. The van der Waals surface area contributed by atoms with Crippen LogP contribution < -0.4 is 9.64 Å². The van der Waals surface area contributed by atoms with Gasteiger partial charge in [-0.2, -0.15) is 0 Å². The Morgan fingerprint density at radius 3 is 2.72 bits per heavy atom. The van der Waals surface area contributed by atoms with E-state index in [1.807, 2.05) is 12.1 Å². The van der Waals surface area contributed by atoms with Gasteiger partial charge in [-0.3, -0.25) is 8.99 Å². The molecule has 1 aromatic carbocycles. The van der Waals surface area contributed by atoms with Gasteiger partial charge in [0, 0.05) is 46.3 Å². The van der Waals surface area contributed by atoms with Crippen molar-refractivity contribution in [1.82, 2.24) is 9.97 Å². The first-order valence-corrected chi connectivity index (χ1v) is 10.8. The molecule has 1 saturated heterocycles. The van der Waals surface area contributed by atoms with E-state index in [0.29, 0.717) is 22.4 Å². The van der Waals surface area contributed by atoms with E-state index in [1.165, 1.54) is 6.26 Å². The van der Waals surface area contributed by atoms with E-state index >= 15 is 0 Å². The van der Waals surface area contributed by atoms with Crippen LogP contribution in [0.4, 0.5) is 5.82 Å². The summed E-state index contributed by atoms with van der Waals surface area (Å²) in [5, 5.41) is 1.48. The summed E-state index contributed by atoms with van der Waals surface area (Å²) in [7, 11) is -0.801. The number of benzene rings is 1. The summed E-state index contributed by atoms with van der Waals surface area (Å²) < 4.78 is 24.4. The number of methoxy groups -OCH3 is 1. The highest BCUT2D eigenvalue weighted by Crippen LogP contribution is 2.34. The van der Waals surface area contributed by atoms with Crippen molar-refractivity contribution in [3.8, 4) is 5.75 Å². The number of piperidine rings is 1. The third-order valence-corrected chi connectivity index (χ3v) is 6.03. The van der Waals surface area contributed by atoms with Crippen LogP contribution in [0.25, 0.3) is 10.9 Å². The van der Waals surface area contributed by atoms with Crippen LogP contribution in [0.1, 0.15) is 19.3 Å². The Morgan fingerprint density at radius 1 is 1.36 bits per heavy atom. The minimum Gasteiger partial charge on any atom is -0.495 e. The molecule has 0 aliphatic carbocycles. The van der Waals surface area contributed by atoms with E-state index in [0.717, 1.165) is 49.1 Å². The van der Waals surface area contributed by atoms with Gasteiger partial charge in [0.2, 0.25) is 0 Å². The number of halogens is 1. The fourth-order valence-electron chi connectivity index (χ4n) is 3.28. The van der Waals surface area contributed by atoms with Crippen molar-refractivity contribution in [3.05, 3.63) is 23.5 Å². The van der Waals surface area contributed by atoms with Crippen molar-refractivity contribution in [1.29, 1.82) is 4.78 Å². The number of nitrogens with zero attached hydrogens (tertiary/aromatic N) is 3. The molecule has 136 valence electrons. The van der Waals surface area contributed by atoms with Gasteiger partial charge >= 0.3 is 0 Å². The van der Waals surface area contributed by atoms with Crippen LogP contribution in [0.15, 0.2) is 18.5 Å². The fourth-order valence-corrected chi connectivity index (χ4v) is 4.30. The normalized spacial score (nSPS) is 18.3. The molecule has 1 N–H and O–H groups in total. The average Bonchev–Trinajstić information content (AvgIpc) is 2.59. The zero-order valence-corrected chi connectivity index (χ0v) is 16.1. The van der Waals surface area contributed by atoms with E-state index < -0.39 is 9.73 Å². The van der Waals surface area contributed by atoms with Gasteiger partial charge in [0.1, 0.15) is 17.9 Å². The zero-order valence-electron chi connectivity index (χ0n) is 14.5. The van der Waals surface area contributed by atoms with E-state index in [2.05, 4.69) is 14.9 Å². The van der Waals surface area contributed by atoms with Crippen LogP contribution in [-0.4, -0.2) is 46.4 Å². The van der Waals surface area contributed by atoms with Gasteiger partial charge < -0.3 is 9.64 Å². The van der Waals surface area contributed by atoms with E-state index in [1.54, 1.807) is 13.4 Å². The molecule has 0 spiro atoms. The number of aromatic nitrogens is 2. The maximum atomic E-state index is 11.6. The van der Waals surface area contributed by atoms with Crippen molar-refractivity contribution in [3.63, 3.8) is 0 Å². The molecular formula is C17H23ClN4O2S. The molecule has 1 atom stereocenters. The molecule has 1 aliphatic heterocycles. The number of hydrogen-bond donors (Lipinski definition) is 1. The molecule has 6 nitrogen and oxygen atoms in total. The smallest absolute Gasteiger partial charge is 0.139 e. The van der Waals surface area contributed by atoms with Crippen molar-refractivity contribution < 1.29 is 8.95 Å². The summed E-state index contributed by atoms with van der Waals surface area (Å²) in [6.45, 7) is 1.78. The average molecular weight is 383 g/mol. The van der Waals surface area contributed by atoms with E-state index in [9.17, 15) is 4.21 Å². The molecule has 1 aromatic heterocycles. The minimum atomic E-state index is -2.39. The molecule has 2 heterocycles. The van der Waals surface area contributed by atoms with Crippen molar-refractivity contribution in [2.75, 3.05) is 37.1 Å². The van der Waals surface area contributed by atoms with Gasteiger partial charge in [0.15, 0.2) is 0 Å². The fraction of sp³-hybridized carbons (Fsp3) is 0.529. The van der Waals surface area contributed by atoms with Crippen molar-refractivity contribution in [2.45, 2.75) is 19.3 Å². The molecule has 8 heteroatoms. The Balaban J connectivity index is 1.76. The van der Waals surface area contributed by atoms with E-state index in [4.69, 9.17) is 21.1 Å². The highest BCUT2D eigenvalue weighted by atomic mass is 35.5. The summed E-state index contributed by atoms with van der Waals surface area (Å²) in [5.74, 6) is 2.52. The number of anilines is 1. The Bertz CT molecular complexity index is 864. The van der Waals surface area contributed by atoms with Gasteiger partial charge in [0.25, 0.3) is 0 Å². The Hall–Kier alpha value is -1.60. The highest BCUT2D eigenvalue weighted by molar-refractivity contribution is 7.91. The molecule has 3 rings (SSSR count). The Kier molecular flexibility index (Phi) is 5.34. The van der Waals surface area contributed by atoms with Crippen LogP contribution in [0.5, 0.6) is 5.75 Å². The number of nitrogens with one attached hydrogen (secondary N) is 1. The first-order chi connectivity index (χ1) is 11.9. The molecule has 2 aromatic rings. The third kappa shape index (κ3) is 4.33. The molecule has 1 aliphatic rings. The molecule has 0 saturated carbocycles. The topological polar surface area (TPSA) is 79.2 Å². The van der Waals surface area contributed by atoms with Crippen LogP contribution in [0, 0.1) is 10.7 Å². The predicted molar refractivity (Wildman–Crippen MR) is 102 cm³/mol. The predicted octanol–water partition coefficient (Wildman–Crippen LogP) is 3.57. The lowest BCUT2D eigenvalue weighted by Crippen LogP contribution is -2.34. The third-order valence-electron chi connectivity index (χ3n) is 4.72. The maximum Gasteiger partial charge on any atom is 0.139 e. The molecule has 1 unspecified atom stereocenters. The monoisotopic (exact) mass is 382 g/mol. The number of hydrogen-bond acceptors (Lipinski definition) is 6. The van der Waals surface area contributed by atoms with Gasteiger partial charge in [-0.05, 0) is 31.2 Å². The van der Waals surface area contributed by atoms with Crippen LogP contribution >= 0.6 is 11.6 Å². The summed E-state index contributed by atoms with van der Waals surface area (Å²) in [6, 6.07) is 3.70. The highest BCUT2D eigenvalue weighted by Gasteiger charge is 2.22. The van der Waals surface area contributed by atoms with Crippen molar-refractivity contribution >= 4 is 38.1 Å². The summed E-state index contributed by atoms with van der Waals surface area (Å²) >= 11 is 6.28. The summed E-state index contributed by atoms with van der Waals surface area (Å²) in [6.07, 6.45) is 5.99. The van der Waals surface area contributed by atoms with E-state index in [-0.39, 0.29) is 0 Å².